The van der Waals surface area contributed by atoms with E-state index in [0.717, 1.165) is 35.8 Å². The van der Waals surface area contributed by atoms with E-state index in [1.165, 1.54) is 12.8 Å². The molecule has 1 saturated heterocycles. The van der Waals surface area contributed by atoms with Gasteiger partial charge in [-0.25, -0.2) is 0 Å². The van der Waals surface area contributed by atoms with Crippen molar-refractivity contribution in [3.8, 4) is 11.5 Å². The first kappa shape index (κ1) is 23.6. The highest BCUT2D eigenvalue weighted by atomic mass is 16.5. The standard InChI is InChI=1S/C25H32N6O3/c1-25(2,3)34-21-10-6-18(7-11-21)22(32)31-23(26)28-24(29-31)27-19-8-12-20(13-9-19)33-17-16-30-14-4-5-15-30/h6-13H,4-5,14-17H2,1-3H3,(H3,26,27,28,29). The van der Waals surface area contributed by atoms with Gasteiger partial charge in [0.25, 0.3) is 5.91 Å². The van der Waals surface area contributed by atoms with Gasteiger partial charge in [0.1, 0.15) is 23.7 Å². The normalized spacial score (nSPS) is 14.2. The zero-order valence-corrected chi connectivity index (χ0v) is 20.0. The van der Waals surface area contributed by atoms with E-state index in [9.17, 15) is 4.79 Å². The van der Waals surface area contributed by atoms with Crippen LogP contribution in [-0.4, -0.2) is 57.4 Å². The van der Waals surface area contributed by atoms with Crippen molar-refractivity contribution in [3.05, 3.63) is 54.1 Å². The number of hydrogen-bond acceptors (Lipinski definition) is 8. The average molecular weight is 465 g/mol. The highest BCUT2D eigenvalue weighted by Crippen LogP contribution is 2.21. The molecule has 3 aromatic rings. The summed E-state index contributed by atoms with van der Waals surface area (Å²) in [4.78, 5) is 19.4. The molecular weight excluding hydrogens is 432 g/mol. The van der Waals surface area contributed by atoms with Gasteiger partial charge in [-0.05, 0) is 95.2 Å². The molecule has 1 aliphatic rings. The number of nitrogens with one attached hydrogen (secondary N) is 1. The third-order valence-corrected chi connectivity index (χ3v) is 5.34. The van der Waals surface area contributed by atoms with Gasteiger partial charge >= 0.3 is 0 Å². The molecule has 9 nitrogen and oxygen atoms in total. The molecule has 9 heteroatoms. The Balaban J connectivity index is 1.34. The van der Waals surface area contributed by atoms with Gasteiger partial charge in [0, 0.05) is 17.8 Å². The molecule has 0 amide bonds. The Hall–Kier alpha value is -3.59. The van der Waals surface area contributed by atoms with Crippen LogP contribution in [0.5, 0.6) is 11.5 Å². The molecule has 0 aliphatic carbocycles. The summed E-state index contributed by atoms with van der Waals surface area (Å²) in [6.45, 7) is 9.83. The maximum Gasteiger partial charge on any atom is 0.281 e. The van der Waals surface area contributed by atoms with Crippen molar-refractivity contribution < 1.29 is 14.3 Å². The smallest absolute Gasteiger partial charge is 0.281 e. The van der Waals surface area contributed by atoms with E-state index in [1.54, 1.807) is 24.3 Å². The van der Waals surface area contributed by atoms with E-state index < -0.39 is 0 Å². The molecule has 1 aromatic heterocycles. The molecule has 4 rings (SSSR count). The van der Waals surface area contributed by atoms with Crippen LogP contribution in [-0.2, 0) is 0 Å². The molecule has 1 aliphatic heterocycles. The van der Waals surface area contributed by atoms with E-state index in [2.05, 4.69) is 20.3 Å². The Morgan fingerprint density at radius 2 is 1.68 bits per heavy atom. The van der Waals surface area contributed by atoms with Crippen LogP contribution in [0.3, 0.4) is 0 Å². The minimum Gasteiger partial charge on any atom is -0.492 e. The minimum absolute atomic E-state index is 0.00406. The first-order valence-electron chi connectivity index (χ1n) is 11.6. The van der Waals surface area contributed by atoms with Crippen LogP contribution in [0.1, 0.15) is 44.0 Å². The molecule has 34 heavy (non-hydrogen) atoms. The predicted octanol–water partition coefficient (Wildman–Crippen LogP) is 3.94. The van der Waals surface area contributed by atoms with Gasteiger partial charge in [-0.1, -0.05) is 0 Å². The highest BCUT2D eigenvalue weighted by molar-refractivity contribution is 5.97. The Morgan fingerprint density at radius 1 is 1.03 bits per heavy atom. The molecule has 2 heterocycles. The summed E-state index contributed by atoms with van der Waals surface area (Å²) in [7, 11) is 0. The quantitative estimate of drug-likeness (QED) is 0.516. The number of carbonyl (C=O) groups is 1. The van der Waals surface area contributed by atoms with Gasteiger partial charge in [-0.15, -0.1) is 5.10 Å². The topological polar surface area (TPSA) is 108 Å². The number of nitrogens with zero attached hydrogens (tertiary/aromatic N) is 4. The van der Waals surface area contributed by atoms with Crippen LogP contribution in [0.25, 0.3) is 0 Å². The molecule has 0 unspecified atom stereocenters. The molecule has 0 spiro atoms. The number of anilines is 3. The molecule has 3 N–H and O–H groups in total. The summed E-state index contributed by atoms with van der Waals surface area (Å²) in [6.07, 6.45) is 2.55. The first-order chi connectivity index (χ1) is 16.3. The lowest BCUT2D eigenvalue weighted by atomic mass is 10.1. The van der Waals surface area contributed by atoms with Gasteiger partial charge in [0.05, 0.1) is 0 Å². The van der Waals surface area contributed by atoms with Crippen molar-refractivity contribution in [2.75, 3.05) is 37.3 Å². The Morgan fingerprint density at radius 3 is 2.32 bits per heavy atom. The van der Waals surface area contributed by atoms with E-state index in [4.69, 9.17) is 15.2 Å². The first-order valence-corrected chi connectivity index (χ1v) is 11.6. The Kier molecular flexibility index (Phi) is 7.02. The number of ether oxygens (including phenoxy) is 2. The molecule has 0 radical (unpaired) electrons. The van der Waals surface area contributed by atoms with E-state index in [0.29, 0.717) is 17.9 Å². The van der Waals surface area contributed by atoms with Crippen molar-refractivity contribution in [1.29, 1.82) is 0 Å². The number of nitrogen functional groups attached to an aromatic ring is 1. The summed E-state index contributed by atoms with van der Waals surface area (Å²) in [5.41, 5.74) is 6.83. The summed E-state index contributed by atoms with van der Waals surface area (Å²) in [6, 6.07) is 14.4. The van der Waals surface area contributed by atoms with Crippen molar-refractivity contribution in [2.24, 2.45) is 0 Å². The van der Waals surface area contributed by atoms with E-state index in [-0.39, 0.29) is 23.4 Å². The van der Waals surface area contributed by atoms with Crippen molar-refractivity contribution >= 4 is 23.5 Å². The minimum atomic E-state index is -0.373. The molecular formula is C25H32N6O3. The largest absolute Gasteiger partial charge is 0.492 e. The summed E-state index contributed by atoms with van der Waals surface area (Å²) in [5.74, 6) is 1.35. The van der Waals surface area contributed by atoms with Crippen LogP contribution in [0.15, 0.2) is 48.5 Å². The van der Waals surface area contributed by atoms with E-state index >= 15 is 0 Å². The summed E-state index contributed by atoms with van der Waals surface area (Å²) in [5, 5.41) is 7.31. The van der Waals surface area contributed by atoms with Crippen molar-refractivity contribution in [2.45, 2.75) is 39.2 Å². The van der Waals surface area contributed by atoms with Gasteiger partial charge < -0.3 is 20.5 Å². The van der Waals surface area contributed by atoms with Crippen molar-refractivity contribution in [3.63, 3.8) is 0 Å². The fourth-order valence-corrected chi connectivity index (χ4v) is 3.73. The summed E-state index contributed by atoms with van der Waals surface area (Å²) >= 11 is 0. The van der Waals surface area contributed by atoms with Crippen LogP contribution in [0.2, 0.25) is 0 Å². The lowest BCUT2D eigenvalue weighted by molar-refractivity contribution is 0.0948. The van der Waals surface area contributed by atoms with Crippen LogP contribution >= 0.6 is 0 Å². The van der Waals surface area contributed by atoms with Gasteiger partial charge in [0.15, 0.2) is 0 Å². The van der Waals surface area contributed by atoms with Gasteiger partial charge in [0.2, 0.25) is 11.9 Å². The second kappa shape index (κ2) is 10.1. The fourth-order valence-electron chi connectivity index (χ4n) is 3.73. The number of carbonyl (C=O) groups excluding carboxylic acids is 1. The monoisotopic (exact) mass is 464 g/mol. The molecule has 180 valence electrons. The highest BCUT2D eigenvalue weighted by Gasteiger charge is 2.17. The number of rotatable bonds is 8. The molecule has 1 fully saturated rings. The number of hydrogen-bond donors (Lipinski definition) is 2. The average Bonchev–Trinajstić information content (AvgIpc) is 3.43. The van der Waals surface area contributed by atoms with Crippen LogP contribution in [0, 0.1) is 0 Å². The number of likely N-dealkylation sites (tertiary alicyclic amines) is 1. The lowest BCUT2D eigenvalue weighted by Gasteiger charge is -2.21. The zero-order valence-electron chi connectivity index (χ0n) is 20.0. The fraction of sp³-hybridized carbons (Fsp3) is 0.400. The lowest BCUT2D eigenvalue weighted by Crippen LogP contribution is -2.25. The third-order valence-electron chi connectivity index (χ3n) is 5.34. The third kappa shape index (κ3) is 6.26. The van der Waals surface area contributed by atoms with Gasteiger partial charge in [-0.3, -0.25) is 9.69 Å². The van der Waals surface area contributed by atoms with E-state index in [1.807, 2.05) is 45.0 Å². The van der Waals surface area contributed by atoms with Crippen molar-refractivity contribution in [1.82, 2.24) is 19.7 Å². The second-order valence-electron chi connectivity index (χ2n) is 9.30. The maximum absolute atomic E-state index is 12.9. The molecule has 0 bridgehead atoms. The number of nitrogens with two attached hydrogens (primary N) is 1. The Labute approximate surface area is 199 Å². The SMILES string of the molecule is CC(C)(C)Oc1ccc(C(=O)n2nc(Nc3ccc(OCCN4CCCC4)cc3)nc2N)cc1. The molecule has 2 aromatic carbocycles. The number of aromatic nitrogens is 3. The van der Waals surface area contributed by atoms with Crippen LogP contribution in [0.4, 0.5) is 17.6 Å². The zero-order chi connectivity index (χ0) is 24.1. The Bertz CT molecular complexity index is 1100. The van der Waals surface area contributed by atoms with Gasteiger partial charge in [-0.2, -0.15) is 9.67 Å². The predicted molar refractivity (Wildman–Crippen MR) is 132 cm³/mol. The second-order valence-corrected chi connectivity index (χ2v) is 9.30. The molecule has 0 saturated carbocycles. The molecule has 0 atom stereocenters. The van der Waals surface area contributed by atoms with Crippen LogP contribution < -0.4 is 20.5 Å². The maximum atomic E-state index is 12.9. The number of benzene rings is 2. The summed E-state index contributed by atoms with van der Waals surface area (Å²) < 4.78 is 12.7.